The van der Waals surface area contributed by atoms with Gasteiger partial charge in [-0.25, -0.2) is 4.68 Å². The quantitative estimate of drug-likeness (QED) is 0.717. The summed E-state index contributed by atoms with van der Waals surface area (Å²) in [5.41, 5.74) is 3.85. The molecule has 1 amide bonds. The second kappa shape index (κ2) is 7.97. The molecule has 0 saturated heterocycles. The molecule has 2 N–H and O–H groups in total. The van der Waals surface area contributed by atoms with Crippen LogP contribution in [0.1, 0.15) is 39.8 Å². The summed E-state index contributed by atoms with van der Waals surface area (Å²) in [6.45, 7) is 4.12. The highest BCUT2D eigenvalue weighted by atomic mass is 16.3. The molecular weight excluding hydrogens is 326 g/mol. The van der Waals surface area contributed by atoms with Crippen molar-refractivity contribution in [2.24, 2.45) is 0 Å². The molecule has 3 rings (SSSR count). The molecule has 0 spiro atoms. The van der Waals surface area contributed by atoms with Crippen LogP contribution in [0.5, 0.6) is 0 Å². The lowest BCUT2D eigenvalue weighted by Crippen LogP contribution is -2.26. The van der Waals surface area contributed by atoms with E-state index in [-0.39, 0.29) is 5.91 Å². The maximum absolute atomic E-state index is 12.6. The smallest absolute Gasteiger partial charge is 0.255 e. The molecule has 0 fully saturated rings. The molecular formula is C21H23N3O2. The molecule has 5 nitrogen and oxygen atoms in total. The van der Waals surface area contributed by atoms with E-state index >= 15 is 0 Å². The third kappa shape index (κ3) is 3.83. The first kappa shape index (κ1) is 17.9. The third-order valence-corrected chi connectivity index (χ3v) is 4.41. The highest BCUT2D eigenvalue weighted by molar-refractivity contribution is 5.96. The van der Waals surface area contributed by atoms with Gasteiger partial charge in [-0.3, -0.25) is 4.79 Å². The van der Waals surface area contributed by atoms with E-state index in [0.717, 1.165) is 16.9 Å². The first-order valence-electron chi connectivity index (χ1n) is 8.70. The molecule has 134 valence electrons. The minimum Gasteiger partial charge on any atom is -0.388 e. The number of aryl methyl sites for hydroxylation is 1. The SMILES string of the molecule is Cc1nn(-c2ccccc2)c(C)c1C(=O)NCCC(O)c1ccccc1. The minimum absolute atomic E-state index is 0.164. The summed E-state index contributed by atoms with van der Waals surface area (Å²) in [6.07, 6.45) is -0.133. The molecule has 2 aromatic carbocycles. The first-order chi connectivity index (χ1) is 12.6. The zero-order chi connectivity index (χ0) is 18.5. The Hall–Kier alpha value is -2.92. The topological polar surface area (TPSA) is 67.2 Å². The Bertz CT molecular complexity index is 873. The summed E-state index contributed by atoms with van der Waals surface area (Å²) in [5, 5.41) is 17.6. The van der Waals surface area contributed by atoms with Gasteiger partial charge in [0.25, 0.3) is 5.91 Å². The molecule has 0 radical (unpaired) electrons. The van der Waals surface area contributed by atoms with Gasteiger partial charge in [0, 0.05) is 6.54 Å². The molecule has 0 aliphatic rings. The van der Waals surface area contributed by atoms with Gasteiger partial charge in [0.05, 0.1) is 28.7 Å². The van der Waals surface area contributed by atoms with Gasteiger partial charge in [-0.2, -0.15) is 5.10 Å². The summed E-state index contributed by atoms with van der Waals surface area (Å²) in [7, 11) is 0. The number of carbonyl (C=O) groups excluding carboxylic acids is 1. The molecule has 1 aromatic heterocycles. The monoisotopic (exact) mass is 349 g/mol. The highest BCUT2D eigenvalue weighted by Crippen LogP contribution is 2.18. The molecule has 0 aliphatic heterocycles. The van der Waals surface area contributed by atoms with Gasteiger partial charge in [-0.1, -0.05) is 48.5 Å². The fourth-order valence-electron chi connectivity index (χ4n) is 3.04. The van der Waals surface area contributed by atoms with Crippen molar-refractivity contribution in [3.63, 3.8) is 0 Å². The summed E-state index contributed by atoms with van der Waals surface area (Å²) < 4.78 is 1.78. The van der Waals surface area contributed by atoms with Crippen molar-refractivity contribution in [2.75, 3.05) is 6.54 Å². The Morgan fingerprint density at radius 2 is 1.69 bits per heavy atom. The van der Waals surface area contributed by atoms with Crippen molar-refractivity contribution < 1.29 is 9.90 Å². The number of para-hydroxylation sites is 1. The number of hydrogen-bond donors (Lipinski definition) is 2. The molecule has 0 bridgehead atoms. The average molecular weight is 349 g/mol. The zero-order valence-electron chi connectivity index (χ0n) is 15.0. The van der Waals surface area contributed by atoms with Crippen molar-refractivity contribution in [1.29, 1.82) is 0 Å². The third-order valence-electron chi connectivity index (χ3n) is 4.41. The molecule has 1 atom stereocenters. The summed E-state index contributed by atoms with van der Waals surface area (Å²) in [6, 6.07) is 19.2. The number of hydrogen-bond acceptors (Lipinski definition) is 3. The number of rotatable bonds is 6. The van der Waals surface area contributed by atoms with Crippen LogP contribution in [0.15, 0.2) is 60.7 Å². The van der Waals surface area contributed by atoms with E-state index < -0.39 is 6.10 Å². The lowest BCUT2D eigenvalue weighted by atomic mass is 10.1. The summed E-state index contributed by atoms with van der Waals surface area (Å²) in [5.74, 6) is -0.164. The van der Waals surface area contributed by atoms with Crippen LogP contribution in [-0.4, -0.2) is 27.3 Å². The Balaban J connectivity index is 1.66. The molecule has 1 unspecified atom stereocenters. The lowest BCUT2D eigenvalue weighted by Gasteiger charge is -2.12. The largest absolute Gasteiger partial charge is 0.388 e. The summed E-state index contributed by atoms with van der Waals surface area (Å²) >= 11 is 0. The number of nitrogens with one attached hydrogen (secondary N) is 1. The number of amides is 1. The number of aliphatic hydroxyl groups excluding tert-OH is 1. The lowest BCUT2D eigenvalue weighted by molar-refractivity contribution is 0.0941. The van der Waals surface area contributed by atoms with Gasteiger partial charge < -0.3 is 10.4 Å². The van der Waals surface area contributed by atoms with Gasteiger partial charge in [-0.15, -0.1) is 0 Å². The molecule has 1 heterocycles. The van der Waals surface area contributed by atoms with Crippen LogP contribution >= 0.6 is 0 Å². The van der Waals surface area contributed by atoms with Crippen LogP contribution in [0, 0.1) is 13.8 Å². The predicted octanol–water partition coefficient (Wildman–Crippen LogP) is 3.34. The first-order valence-corrected chi connectivity index (χ1v) is 8.70. The number of nitrogens with zero attached hydrogens (tertiary/aromatic N) is 2. The molecule has 5 heteroatoms. The van der Waals surface area contributed by atoms with Gasteiger partial charge in [0.1, 0.15) is 0 Å². The van der Waals surface area contributed by atoms with E-state index in [1.807, 2.05) is 74.5 Å². The van der Waals surface area contributed by atoms with Crippen LogP contribution in [-0.2, 0) is 0 Å². The molecule has 3 aromatic rings. The summed E-state index contributed by atoms with van der Waals surface area (Å²) in [4.78, 5) is 12.6. The number of aromatic nitrogens is 2. The van der Waals surface area contributed by atoms with E-state index in [9.17, 15) is 9.90 Å². The Morgan fingerprint density at radius 1 is 1.08 bits per heavy atom. The number of aliphatic hydroxyl groups is 1. The van der Waals surface area contributed by atoms with Crippen LogP contribution in [0.3, 0.4) is 0 Å². The van der Waals surface area contributed by atoms with E-state index in [0.29, 0.717) is 24.2 Å². The Kier molecular flexibility index (Phi) is 5.49. The Morgan fingerprint density at radius 3 is 2.35 bits per heavy atom. The van der Waals surface area contributed by atoms with Gasteiger partial charge in [-0.05, 0) is 38.0 Å². The fraction of sp³-hybridized carbons (Fsp3) is 0.238. The maximum atomic E-state index is 12.6. The second-order valence-electron chi connectivity index (χ2n) is 6.26. The van der Waals surface area contributed by atoms with Crippen molar-refractivity contribution in [1.82, 2.24) is 15.1 Å². The van der Waals surface area contributed by atoms with Crippen molar-refractivity contribution in [2.45, 2.75) is 26.4 Å². The van der Waals surface area contributed by atoms with Gasteiger partial charge >= 0.3 is 0 Å². The van der Waals surface area contributed by atoms with Gasteiger partial charge in [0.2, 0.25) is 0 Å². The average Bonchev–Trinajstić information content (AvgIpc) is 2.97. The van der Waals surface area contributed by atoms with Crippen LogP contribution < -0.4 is 5.32 Å². The van der Waals surface area contributed by atoms with Crippen molar-refractivity contribution in [3.8, 4) is 5.69 Å². The standard InChI is InChI=1S/C21H23N3O2/c1-15-20(16(2)24(23-15)18-11-7-4-8-12-18)21(26)22-14-13-19(25)17-9-5-3-6-10-17/h3-12,19,25H,13-14H2,1-2H3,(H,22,26). The highest BCUT2D eigenvalue weighted by Gasteiger charge is 2.19. The van der Waals surface area contributed by atoms with E-state index in [1.165, 1.54) is 0 Å². The zero-order valence-corrected chi connectivity index (χ0v) is 15.0. The fourth-order valence-corrected chi connectivity index (χ4v) is 3.04. The van der Waals surface area contributed by atoms with Crippen molar-refractivity contribution in [3.05, 3.63) is 83.2 Å². The predicted molar refractivity (Wildman–Crippen MR) is 101 cm³/mol. The molecule has 26 heavy (non-hydrogen) atoms. The van der Waals surface area contributed by atoms with Crippen LogP contribution in [0.25, 0.3) is 5.69 Å². The van der Waals surface area contributed by atoms with E-state index in [2.05, 4.69) is 10.4 Å². The maximum Gasteiger partial charge on any atom is 0.255 e. The molecule has 0 aliphatic carbocycles. The van der Waals surface area contributed by atoms with Crippen LogP contribution in [0.4, 0.5) is 0 Å². The van der Waals surface area contributed by atoms with Gasteiger partial charge in [0.15, 0.2) is 0 Å². The van der Waals surface area contributed by atoms with E-state index in [1.54, 1.807) is 4.68 Å². The second-order valence-corrected chi connectivity index (χ2v) is 6.26. The normalized spacial score (nSPS) is 12.0. The molecule has 0 saturated carbocycles. The Labute approximate surface area is 153 Å². The van der Waals surface area contributed by atoms with Crippen LogP contribution in [0.2, 0.25) is 0 Å². The number of benzene rings is 2. The minimum atomic E-state index is -0.592. The van der Waals surface area contributed by atoms with E-state index in [4.69, 9.17) is 0 Å². The number of carbonyl (C=O) groups is 1. The van der Waals surface area contributed by atoms with Crippen molar-refractivity contribution >= 4 is 5.91 Å².